The Kier molecular flexibility index (Phi) is 5.13. The molecule has 1 rings (SSSR count). The molecule has 5 nitrogen and oxygen atoms in total. The van der Waals surface area contributed by atoms with Crippen LogP contribution in [-0.2, 0) is 10.0 Å². The summed E-state index contributed by atoms with van der Waals surface area (Å²) >= 11 is 0. The number of hydrogen-bond acceptors (Lipinski definition) is 4. The molecule has 0 amide bonds. The molecule has 6 heteroatoms. The molecular weight excluding hydrogens is 250 g/mol. The Balaban J connectivity index is 3.07. The Bertz CT molecular complexity index is 534. The summed E-state index contributed by atoms with van der Waals surface area (Å²) in [6, 6.07) is 8.73. The van der Waals surface area contributed by atoms with Gasteiger partial charge in [0.05, 0.1) is 17.5 Å². The molecule has 0 bridgehead atoms. The first kappa shape index (κ1) is 14.5. The second kappa shape index (κ2) is 6.38. The van der Waals surface area contributed by atoms with Crippen molar-refractivity contribution in [2.75, 3.05) is 30.7 Å². The Labute approximate surface area is 108 Å². The maximum absolute atomic E-state index is 11.8. The minimum absolute atomic E-state index is 0.359. The predicted molar refractivity (Wildman–Crippen MR) is 71.9 cm³/mol. The summed E-state index contributed by atoms with van der Waals surface area (Å²) in [4.78, 5) is 0. The number of para-hydroxylation sites is 1. The second-order valence-electron chi connectivity index (χ2n) is 3.92. The van der Waals surface area contributed by atoms with Crippen molar-refractivity contribution in [3.63, 3.8) is 0 Å². The van der Waals surface area contributed by atoms with Gasteiger partial charge in [0.25, 0.3) is 0 Å². The van der Waals surface area contributed by atoms with E-state index in [1.165, 1.54) is 4.31 Å². The van der Waals surface area contributed by atoms with Crippen molar-refractivity contribution in [3.8, 4) is 6.07 Å². The SMILES string of the molecule is CNCCCN(c1ccccc1C#N)S(C)(=O)=O. The van der Waals surface area contributed by atoms with E-state index in [4.69, 9.17) is 5.26 Å². The fraction of sp³-hybridized carbons (Fsp3) is 0.417. The predicted octanol–water partition coefficient (Wildman–Crippen LogP) is 0.934. The molecule has 1 N–H and O–H groups in total. The third-order valence-corrected chi connectivity index (χ3v) is 3.66. The third-order valence-electron chi connectivity index (χ3n) is 2.48. The van der Waals surface area contributed by atoms with Gasteiger partial charge in [-0.2, -0.15) is 5.26 Å². The molecule has 1 aromatic carbocycles. The van der Waals surface area contributed by atoms with Gasteiger partial charge in [0.2, 0.25) is 10.0 Å². The maximum atomic E-state index is 11.8. The average Bonchev–Trinajstić information content (AvgIpc) is 2.33. The monoisotopic (exact) mass is 267 g/mol. The van der Waals surface area contributed by atoms with Crippen LogP contribution >= 0.6 is 0 Å². The van der Waals surface area contributed by atoms with Gasteiger partial charge in [-0.25, -0.2) is 8.42 Å². The van der Waals surface area contributed by atoms with Gasteiger partial charge in [0.1, 0.15) is 6.07 Å². The van der Waals surface area contributed by atoms with E-state index in [-0.39, 0.29) is 0 Å². The highest BCUT2D eigenvalue weighted by Crippen LogP contribution is 2.22. The highest BCUT2D eigenvalue weighted by molar-refractivity contribution is 7.92. The number of benzene rings is 1. The first-order chi connectivity index (χ1) is 8.50. The molecule has 0 saturated carbocycles. The van der Waals surface area contributed by atoms with Gasteiger partial charge < -0.3 is 5.32 Å². The van der Waals surface area contributed by atoms with Gasteiger partial charge in [0, 0.05) is 6.54 Å². The van der Waals surface area contributed by atoms with E-state index >= 15 is 0 Å². The van der Waals surface area contributed by atoms with E-state index in [0.717, 1.165) is 12.8 Å². The molecule has 0 unspecified atom stereocenters. The van der Waals surface area contributed by atoms with Crippen LogP contribution in [0.1, 0.15) is 12.0 Å². The Hall–Kier alpha value is -1.58. The van der Waals surface area contributed by atoms with Crippen LogP contribution < -0.4 is 9.62 Å². The molecule has 0 heterocycles. The molecule has 0 saturated heterocycles. The number of nitrogens with one attached hydrogen (secondary N) is 1. The molecular formula is C12H17N3O2S. The van der Waals surface area contributed by atoms with Crippen molar-refractivity contribution in [1.29, 1.82) is 5.26 Å². The third kappa shape index (κ3) is 3.72. The van der Waals surface area contributed by atoms with E-state index in [1.54, 1.807) is 24.3 Å². The van der Waals surface area contributed by atoms with Crippen LogP contribution in [0.3, 0.4) is 0 Å². The molecule has 0 aliphatic carbocycles. The quantitative estimate of drug-likeness (QED) is 0.778. The zero-order valence-corrected chi connectivity index (χ0v) is 11.4. The molecule has 1 aromatic rings. The van der Waals surface area contributed by atoms with Gasteiger partial charge in [-0.1, -0.05) is 12.1 Å². The van der Waals surface area contributed by atoms with Crippen LogP contribution in [-0.4, -0.2) is 34.8 Å². The van der Waals surface area contributed by atoms with Crippen LogP contribution in [0.15, 0.2) is 24.3 Å². The van der Waals surface area contributed by atoms with Crippen molar-refractivity contribution >= 4 is 15.7 Å². The summed E-state index contributed by atoms with van der Waals surface area (Å²) in [6.07, 6.45) is 1.84. The first-order valence-electron chi connectivity index (χ1n) is 5.62. The number of anilines is 1. The van der Waals surface area contributed by atoms with Crippen LogP contribution in [0, 0.1) is 11.3 Å². The number of hydrogen-bond donors (Lipinski definition) is 1. The summed E-state index contributed by atoms with van der Waals surface area (Å²) in [7, 11) is -1.56. The minimum Gasteiger partial charge on any atom is -0.320 e. The van der Waals surface area contributed by atoms with E-state index in [9.17, 15) is 8.42 Å². The summed E-state index contributed by atoms with van der Waals surface area (Å²) in [6.45, 7) is 1.08. The summed E-state index contributed by atoms with van der Waals surface area (Å²) in [5.41, 5.74) is 0.811. The topological polar surface area (TPSA) is 73.2 Å². The lowest BCUT2D eigenvalue weighted by Gasteiger charge is -2.23. The second-order valence-corrected chi connectivity index (χ2v) is 5.83. The lowest BCUT2D eigenvalue weighted by molar-refractivity contribution is 0.594. The highest BCUT2D eigenvalue weighted by Gasteiger charge is 2.19. The molecule has 0 aliphatic heterocycles. The van der Waals surface area contributed by atoms with Crippen LogP contribution in [0.4, 0.5) is 5.69 Å². The van der Waals surface area contributed by atoms with Crippen molar-refractivity contribution in [2.24, 2.45) is 0 Å². The number of sulfonamides is 1. The molecule has 0 atom stereocenters. The number of rotatable bonds is 6. The summed E-state index contributed by atoms with van der Waals surface area (Å²) in [5.74, 6) is 0. The van der Waals surface area contributed by atoms with Gasteiger partial charge in [-0.3, -0.25) is 4.31 Å². The maximum Gasteiger partial charge on any atom is 0.232 e. The van der Waals surface area contributed by atoms with Gasteiger partial charge in [0.15, 0.2) is 0 Å². The minimum atomic E-state index is -3.38. The van der Waals surface area contributed by atoms with Crippen LogP contribution in [0.2, 0.25) is 0 Å². The zero-order valence-electron chi connectivity index (χ0n) is 10.5. The fourth-order valence-corrected chi connectivity index (χ4v) is 2.63. The Morgan fingerprint density at radius 2 is 2.06 bits per heavy atom. The van der Waals surface area contributed by atoms with Gasteiger partial charge >= 0.3 is 0 Å². The highest BCUT2D eigenvalue weighted by atomic mass is 32.2. The normalized spacial score (nSPS) is 10.9. The van der Waals surface area contributed by atoms with Crippen molar-refractivity contribution < 1.29 is 8.42 Å². The number of nitrogens with zero attached hydrogens (tertiary/aromatic N) is 2. The van der Waals surface area contributed by atoms with Crippen molar-refractivity contribution in [3.05, 3.63) is 29.8 Å². The van der Waals surface area contributed by atoms with E-state index < -0.39 is 10.0 Å². The number of nitriles is 1. The average molecular weight is 267 g/mol. The Morgan fingerprint density at radius 1 is 1.39 bits per heavy atom. The molecule has 0 aromatic heterocycles. The largest absolute Gasteiger partial charge is 0.320 e. The van der Waals surface area contributed by atoms with E-state index in [2.05, 4.69) is 5.32 Å². The zero-order chi connectivity index (χ0) is 13.6. The lowest BCUT2D eigenvalue weighted by Crippen LogP contribution is -2.32. The lowest BCUT2D eigenvalue weighted by atomic mass is 10.2. The Morgan fingerprint density at radius 3 is 2.61 bits per heavy atom. The van der Waals surface area contributed by atoms with Crippen molar-refractivity contribution in [2.45, 2.75) is 6.42 Å². The summed E-state index contributed by atoms with van der Waals surface area (Å²) < 4.78 is 24.9. The molecule has 0 radical (unpaired) electrons. The smallest absolute Gasteiger partial charge is 0.232 e. The molecule has 0 spiro atoms. The van der Waals surface area contributed by atoms with E-state index in [1.807, 2.05) is 13.1 Å². The fourth-order valence-electron chi connectivity index (χ4n) is 1.65. The van der Waals surface area contributed by atoms with E-state index in [0.29, 0.717) is 24.2 Å². The molecule has 98 valence electrons. The standard InChI is InChI=1S/C12H17N3O2S/c1-14-8-5-9-15(18(2,16)17)12-7-4-3-6-11(12)10-13/h3-4,6-7,14H,5,8-9H2,1-2H3. The van der Waals surface area contributed by atoms with Crippen LogP contribution in [0.25, 0.3) is 0 Å². The molecule has 0 fully saturated rings. The van der Waals surface area contributed by atoms with Crippen molar-refractivity contribution in [1.82, 2.24) is 5.32 Å². The molecule has 18 heavy (non-hydrogen) atoms. The van der Waals surface area contributed by atoms with Gasteiger partial charge in [-0.15, -0.1) is 0 Å². The molecule has 0 aliphatic rings. The van der Waals surface area contributed by atoms with Crippen LogP contribution in [0.5, 0.6) is 0 Å². The first-order valence-corrected chi connectivity index (χ1v) is 7.47. The van der Waals surface area contributed by atoms with Gasteiger partial charge in [-0.05, 0) is 32.1 Å². The summed E-state index contributed by atoms with van der Waals surface area (Å²) in [5, 5.41) is 12.0.